The van der Waals surface area contributed by atoms with E-state index in [1.165, 1.54) is 6.26 Å². The fourth-order valence-electron chi connectivity index (χ4n) is 5.12. The molecular weight excluding hydrogens is 589 g/mol. The van der Waals surface area contributed by atoms with Crippen molar-refractivity contribution < 1.29 is 21.5 Å². The van der Waals surface area contributed by atoms with Crippen LogP contribution in [0.4, 0.5) is 0 Å². The summed E-state index contributed by atoms with van der Waals surface area (Å²) in [5.41, 5.74) is 2.68. The van der Waals surface area contributed by atoms with Crippen molar-refractivity contribution in [2.75, 3.05) is 13.2 Å². The van der Waals surface area contributed by atoms with Gasteiger partial charge >= 0.3 is 10.1 Å². The molecule has 0 N–H and O–H groups in total. The highest BCUT2D eigenvalue weighted by atomic mass is 32.3. The average molecular weight is 633 g/mol. The van der Waals surface area contributed by atoms with Crippen LogP contribution in [-0.2, 0) is 18.5 Å². The molecule has 0 bridgehead atoms. The van der Waals surface area contributed by atoms with Crippen LogP contribution in [-0.4, -0.2) is 21.6 Å². The zero-order valence-corrected chi connectivity index (χ0v) is 28.2. The standard InChI is InChI=1S/C37H44O5S2/c1-8-40-23-24-41-31-19-21-34(22-20-31)43(32-15-11-9-12-16-32,33-17-13-10-14-18-33)42-44(38,39)37-35(28(4)5)25-30(27(2)3)26-36(37)29(6)7/h8-22,25-29H,1,23-24H2,2-7H3. The Bertz CT molecular complexity index is 1560. The quantitative estimate of drug-likeness (QED) is 0.102. The summed E-state index contributed by atoms with van der Waals surface area (Å²) in [5, 5.41) is 0. The van der Waals surface area contributed by atoms with Crippen molar-refractivity contribution in [3.05, 3.63) is 127 Å². The SMILES string of the molecule is C=COCCOc1ccc(S(OS(=O)(=O)c2c(C(C)C)cc(C(C)C)cc2C(C)C)(c2ccccc2)c2ccccc2)cc1. The highest BCUT2D eigenvalue weighted by Crippen LogP contribution is 2.70. The van der Waals surface area contributed by atoms with Crippen LogP contribution in [0.1, 0.15) is 76.0 Å². The van der Waals surface area contributed by atoms with E-state index in [9.17, 15) is 8.42 Å². The maximum absolute atomic E-state index is 14.9. The molecule has 4 aromatic rings. The van der Waals surface area contributed by atoms with Gasteiger partial charge in [-0.15, -0.1) is 0 Å². The Hall–Kier alpha value is -3.52. The van der Waals surface area contributed by atoms with E-state index in [0.29, 0.717) is 19.0 Å². The average Bonchev–Trinajstić information content (AvgIpc) is 3.02. The zero-order chi connectivity index (χ0) is 31.9. The predicted molar refractivity (Wildman–Crippen MR) is 180 cm³/mol. The summed E-state index contributed by atoms with van der Waals surface area (Å²) < 4.78 is 47.7. The lowest BCUT2D eigenvalue weighted by molar-refractivity contribution is 0.179. The van der Waals surface area contributed by atoms with Crippen molar-refractivity contribution in [2.45, 2.75) is 78.9 Å². The molecule has 4 rings (SSSR count). The van der Waals surface area contributed by atoms with Crippen LogP contribution in [0.3, 0.4) is 0 Å². The van der Waals surface area contributed by atoms with Gasteiger partial charge in [0.25, 0.3) is 0 Å². The summed E-state index contributed by atoms with van der Waals surface area (Å²) in [5.74, 6) is 0.843. The van der Waals surface area contributed by atoms with Crippen LogP contribution in [0, 0.1) is 0 Å². The normalized spacial score (nSPS) is 12.5. The molecule has 0 aliphatic rings. The third-order valence-electron chi connectivity index (χ3n) is 7.41. The Balaban J connectivity index is 1.98. The third kappa shape index (κ3) is 7.23. The molecule has 0 radical (unpaired) electrons. The van der Waals surface area contributed by atoms with E-state index in [2.05, 4.69) is 20.4 Å². The minimum Gasteiger partial charge on any atom is -0.498 e. The number of benzene rings is 4. The van der Waals surface area contributed by atoms with Crippen LogP contribution >= 0.6 is 10.3 Å². The van der Waals surface area contributed by atoms with Crippen LogP contribution in [0.2, 0.25) is 0 Å². The number of rotatable bonds is 14. The first-order valence-corrected chi connectivity index (χ1v) is 18.0. The number of hydrogen-bond acceptors (Lipinski definition) is 5. The van der Waals surface area contributed by atoms with Crippen molar-refractivity contribution >= 4 is 20.4 Å². The van der Waals surface area contributed by atoms with Gasteiger partial charge in [0.15, 0.2) is 0 Å². The topological polar surface area (TPSA) is 61.8 Å². The molecule has 5 nitrogen and oxygen atoms in total. The molecule has 0 atom stereocenters. The maximum atomic E-state index is 14.9. The van der Waals surface area contributed by atoms with E-state index >= 15 is 0 Å². The molecule has 0 aliphatic carbocycles. The van der Waals surface area contributed by atoms with E-state index in [0.717, 1.165) is 31.4 Å². The molecule has 0 spiro atoms. The van der Waals surface area contributed by atoms with E-state index in [1.54, 1.807) is 0 Å². The fraction of sp³-hybridized carbons (Fsp3) is 0.297. The molecule has 0 amide bonds. The lowest BCUT2D eigenvalue weighted by atomic mass is 9.89. The lowest BCUT2D eigenvalue weighted by Crippen LogP contribution is -2.18. The molecule has 44 heavy (non-hydrogen) atoms. The van der Waals surface area contributed by atoms with Crippen LogP contribution in [0.25, 0.3) is 0 Å². The monoisotopic (exact) mass is 632 g/mol. The number of ether oxygens (including phenoxy) is 2. The zero-order valence-electron chi connectivity index (χ0n) is 26.5. The van der Waals surface area contributed by atoms with Gasteiger partial charge < -0.3 is 9.47 Å². The van der Waals surface area contributed by atoms with Crippen molar-refractivity contribution in [1.82, 2.24) is 0 Å². The molecular formula is C37H44O5S2. The molecule has 0 saturated heterocycles. The molecule has 0 aromatic heterocycles. The van der Waals surface area contributed by atoms with Gasteiger partial charge in [-0.2, -0.15) is 8.42 Å². The summed E-state index contributed by atoms with van der Waals surface area (Å²) in [7, 11) is -7.08. The highest BCUT2D eigenvalue weighted by molar-refractivity contribution is 8.33. The molecule has 0 aliphatic heterocycles. The van der Waals surface area contributed by atoms with E-state index in [4.69, 9.17) is 13.1 Å². The van der Waals surface area contributed by atoms with Gasteiger partial charge in [0.2, 0.25) is 0 Å². The van der Waals surface area contributed by atoms with Crippen LogP contribution in [0.5, 0.6) is 5.75 Å². The second kappa shape index (κ2) is 14.5. The summed E-state index contributed by atoms with van der Waals surface area (Å²) in [4.78, 5) is 2.57. The Labute approximate surface area is 265 Å². The van der Waals surface area contributed by atoms with Gasteiger partial charge in [-0.3, -0.25) is 0 Å². The second-order valence-electron chi connectivity index (χ2n) is 11.6. The van der Waals surface area contributed by atoms with Crippen LogP contribution in [0.15, 0.2) is 129 Å². The van der Waals surface area contributed by atoms with Gasteiger partial charge in [0.1, 0.15) is 23.9 Å². The molecule has 0 unspecified atom stereocenters. The van der Waals surface area contributed by atoms with E-state index < -0.39 is 20.4 Å². The molecule has 7 heteroatoms. The van der Waals surface area contributed by atoms with Gasteiger partial charge in [-0.25, -0.2) is 3.63 Å². The largest absolute Gasteiger partial charge is 0.498 e. The third-order valence-corrected chi connectivity index (χ3v) is 12.7. The van der Waals surface area contributed by atoms with Gasteiger partial charge in [-0.1, -0.05) is 96.7 Å². The van der Waals surface area contributed by atoms with E-state index in [-0.39, 0.29) is 22.6 Å². The summed E-state index contributed by atoms with van der Waals surface area (Å²) in [6, 6.07) is 30.9. The first-order chi connectivity index (χ1) is 21.0. The summed E-state index contributed by atoms with van der Waals surface area (Å²) >= 11 is 0. The van der Waals surface area contributed by atoms with Gasteiger partial charge in [0.05, 0.1) is 6.26 Å². The summed E-state index contributed by atoms with van der Waals surface area (Å²) in [6.45, 7) is 16.7. The van der Waals surface area contributed by atoms with E-state index in [1.807, 2.05) is 125 Å². The predicted octanol–water partition coefficient (Wildman–Crippen LogP) is 10.2. The molecule has 0 saturated carbocycles. The second-order valence-corrected chi connectivity index (χ2v) is 15.9. The highest BCUT2D eigenvalue weighted by Gasteiger charge is 2.40. The van der Waals surface area contributed by atoms with Crippen molar-refractivity contribution in [3.63, 3.8) is 0 Å². The Morgan fingerprint density at radius 1 is 0.659 bits per heavy atom. The van der Waals surface area contributed by atoms with Crippen molar-refractivity contribution in [1.29, 1.82) is 0 Å². The Morgan fingerprint density at radius 3 is 1.57 bits per heavy atom. The first-order valence-electron chi connectivity index (χ1n) is 15.0. The maximum Gasteiger partial charge on any atom is 0.307 e. The Morgan fingerprint density at radius 2 is 1.14 bits per heavy atom. The molecule has 234 valence electrons. The minimum atomic E-state index is -4.31. The van der Waals surface area contributed by atoms with Crippen LogP contribution < -0.4 is 4.74 Å². The fourth-order valence-corrected chi connectivity index (χ4v) is 11.0. The molecule has 0 heterocycles. The smallest absolute Gasteiger partial charge is 0.307 e. The lowest BCUT2D eigenvalue weighted by Gasteiger charge is -2.40. The van der Waals surface area contributed by atoms with Gasteiger partial charge in [-0.05, 0) is 93.3 Å². The first kappa shape index (κ1) is 33.4. The van der Waals surface area contributed by atoms with Crippen molar-refractivity contribution in [2.24, 2.45) is 0 Å². The molecule has 0 fully saturated rings. The van der Waals surface area contributed by atoms with Crippen molar-refractivity contribution in [3.8, 4) is 5.75 Å². The minimum absolute atomic E-state index is 0.0288. The van der Waals surface area contributed by atoms with Gasteiger partial charge in [0, 0.05) is 14.7 Å². The number of hydrogen-bond donors (Lipinski definition) is 0. The molecule has 4 aromatic carbocycles. The Kier molecular flexibility index (Phi) is 11.0. The summed E-state index contributed by atoms with van der Waals surface area (Å²) in [6.07, 6.45) is 1.38.